The van der Waals surface area contributed by atoms with Crippen LogP contribution in [0.1, 0.15) is 76.3 Å². The van der Waals surface area contributed by atoms with Crippen molar-refractivity contribution in [2.45, 2.75) is 44.9 Å². The van der Waals surface area contributed by atoms with Crippen molar-refractivity contribution < 1.29 is 14.0 Å². The van der Waals surface area contributed by atoms with E-state index in [2.05, 4.69) is 9.97 Å². The fourth-order valence-corrected chi connectivity index (χ4v) is 4.78. The van der Waals surface area contributed by atoms with Crippen LogP contribution >= 0.6 is 0 Å². The first-order chi connectivity index (χ1) is 16.2. The number of carbonyl (C=O) groups excluding carboxylic acids is 2. The highest BCUT2D eigenvalue weighted by Gasteiger charge is 2.32. The van der Waals surface area contributed by atoms with Gasteiger partial charge in [0.15, 0.2) is 11.6 Å². The maximum absolute atomic E-state index is 13.2. The second-order valence-corrected chi connectivity index (χ2v) is 8.57. The number of piperidine rings is 1. The highest BCUT2D eigenvalue weighted by Crippen LogP contribution is 2.33. The fraction of sp³-hybridized carbons (Fsp3) is 0.346. The molecule has 2 aliphatic rings. The summed E-state index contributed by atoms with van der Waals surface area (Å²) in [5.74, 6) is 1.45. The lowest BCUT2D eigenvalue weighted by molar-refractivity contribution is 0.0706. The van der Waals surface area contributed by atoms with Gasteiger partial charge in [-0.2, -0.15) is 0 Å². The zero-order valence-corrected chi connectivity index (χ0v) is 18.7. The zero-order chi connectivity index (χ0) is 22.8. The van der Waals surface area contributed by atoms with Crippen LogP contribution in [0.3, 0.4) is 0 Å². The maximum atomic E-state index is 13.2. The van der Waals surface area contributed by atoms with Gasteiger partial charge in [0.25, 0.3) is 5.91 Å². The molecule has 0 saturated carbocycles. The maximum Gasteiger partial charge on any atom is 0.257 e. The lowest BCUT2D eigenvalue weighted by Crippen LogP contribution is -2.38. The van der Waals surface area contributed by atoms with Crippen molar-refractivity contribution in [3.05, 3.63) is 71.2 Å². The average molecular weight is 443 g/mol. The Labute approximate surface area is 192 Å². The lowest BCUT2D eigenvalue weighted by Gasteiger charge is -2.32. The number of Topliss-reactive ketones (excluding diaryl/α,β-unsaturated/α-hetero) is 1. The van der Waals surface area contributed by atoms with E-state index in [9.17, 15) is 9.59 Å². The van der Waals surface area contributed by atoms with Crippen LogP contribution in [0, 0.1) is 0 Å². The van der Waals surface area contributed by atoms with E-state index in [1.165, 1.54) is 6.26 Å². The lowest BCUT2D eigenvalue weighted by atomic mass is 9.89. The number of amides is 1. The van der Waals surface area contributed by atoms with Crippen LogP contribution < -0.4 is 0 Å². The van der Waals surface area contributed by atoms with Gasteiger partial charge in [0.1, 0.15) is 12.0 Å². The number of allylic oxidation sites excluding steroid dienone is 1. The van der Waals surface area contributed by atoms with Gasteiger partial charge in [-0.25, -0.2) is 9.97 Å². The number of carbonyl (C=O) groups is 2. The van der Waals surface area contributed by atoms with E-state index in [-0.39, 0.29) is 17.6 Å². The number of pyridine rings is 1. The number of aryl methyl sites for hydroxylation is 1. The molecule has 0 unspecified atom stereocenters. The number of ketones is 1. The number of likely N-dealkylation sites (tertiary alicyclic amines) is 1. The van der Waals surface area contributed by atoms with Crippen molar-refractivity contribution in [1.82, 2.24) is 19.9 Å². The molecule has 4 heterocycles. The number of aromatic nitrogens is 3. The highest BCUT2D eigenvalue weighted by atomic mass is 16.3. The van der Waals surface area contributed by atoms with E-state index in [0.717, 1.165) is 42.5 Å². The van der Waals surface area contributed by atoms with Crippen LogP contribution in [-0.2, 0) is 6.42 Å². The van der Waals surface area contributed by atoms with Crippen molar-refractivity contribution in [3.63, 3.8) is 0 Å². The number of hydrogen-bond acceptors (Lipinski definition) is 6. The van der Waals surface area contributed by atoms with E-state index in [1.807, 2.05) is 42.3 Å². The molecule has 0 spiro atoms. The largest absolute Gasteiger partial charge is 0.468 e. The molecule has 0 N–H and O–H groups in total. The average Bonchev–Trinajstić information content (AvgIpc) is 3.30. The van der Waals surface area contributed by atoms with Gasteiger partial charge in [-0.3, -0.25) is 14.6 Å². The Morgan fingerprint density at radius 3 is 2.82 bits per heavy atom. The minimum atomic E-state index is -0.110. The molecule has 7 nitrogen and oxygen atoms in total. The molecule has 1 fully saturated rings. The second kappa shape index (κ2) is 9.10. The van der Waals surface area contributed by atoms with E-state index in [1.54, 1.807) is 12.4 Å². The Kier molecular flexibility index (Phi) is 5.86. The van der Waals surface area contributed by atoms with E-state index in [0.29, 0.717) is 42.2 Å². The van der Waals surface area contributed by atoms with Crippen molar-refractivity contribution in [2.24, 2.45) is 0 Å². The Hall–Kier alpha value is -3.61. The third-order valence-corrected chi connectivity index (χ3v) is 6.47. The summed E-state index contributed by atoms with van der Waals surface area (Å²) in [4.78, 5) is 41.0. The van der Waals surface area contributed by atoms with Gasteiger partial charge in [0, 0.05) is 61.6 Å². The molecule has 3 aromatic rings. The van der Waals surface area contributed by atoms with Crippen molar-refractivity contribution in [2.75, 3.05) is 13.1 Å². The molecule has 1 aliphatic heterocycles. The van der Waals surface area contributed by atoms with Crippen LogP contribution in [0.2, 0.25) is 0 Å². The highest BCUT2D eigenvalue weighted by molar-refractivity contribution is 6.09. The minimum Gasteiger partial charge on any atom is -0.468 e. The summed E-state index contributed by atoms with van der Waals surface area (Å²) in [5.41, 5.74) is 3.81. The summed E-state index contributed by atoms with van der Waals surface area (Å²) >= 11 is 0. The summed E-state index contributed by atoms with van der Waals surface area (Å²) < 4.78 is 5.56. The molecule has 5 rings (SSSR count). The van der Waals surface area contributed by atoms with E-state index < -0.39 is 0 Å². The van der Waals surface area contributed by atoms with Gasteiger partial charge in [-0.1, -0.05) is 12.2 Å². The van der Waals surface area contributed by atoms with Gasteiger partial charge >= 0.3 is 0 Å². The van der Waals surface area contributed by atoms with Crippen molar-refractivity contribution in [3.8, 4) is 11.4 Å². The SMILES string of the molecule is C/C=C/c1cnc(-c2cccnc2)nc1C1CCN(C(=O)c2coc3c2C(=O)CCC3)CC1. The van der Waals surface area contributed by atoms with Gasteiger partial charge < -0.3 is 9.32 Å². The molecule has 0 aromatic carbocycles. The summed E-state index contributed by atoms with van der Waals surface area (Å²) in [6, 6.07) is 3.83. The summed E-state index contributed by atoms with van der Waals surface area (Å²) in [6.07, 6.45) is 14.4. The molecule has 0 bridgehead atoms. The zero-order valence-electron chi connectivity index (χ0n) is 18.7. The van der Waals surface area contributed by atoms with Crippen LogP contribution in [0.15, 0.2) is 47.5 Å². The van der Waals surface area contributed by atoms with Crippen LogP contribution in [0.4, 0.5) is 0 Å². The Morgan fingerprint density at radius 1 is 1.21 bits per heavy atom. The second-order valence-electron chi connectivity index (χ2n) is 8.57. The first-order valence-electron chi connectivity index (χ1n) is 11.5. The predicted molar refractivity (Wildman–Crippen MR) is 124 cm³/mol. The van der Waals surface area contributed by atoms with Gasteiger partial charge in [0.05, 0.1) is 16.8 Å². The minimum absolute atomic E-state index is 0.0168. The van der Waals surface area contributed by atoms with Crippen LogP contribution in [0.5, 0.6) is 0 Å². The van der Waals surface area contributed by atoms with Gasteiger partial charge in [-0.05, 0) is 38.3 Å². The molecule has 0 atom stereocenters. The van der Waals surface area contributed by atoms with E-state index in [4.69, 9.17) is 9.40 Å². The molecule has 7 heteroatoms. The Morgan fingerprint density at radius 2 is 2.06 bits per heavy atom. The summed E-state index contributed by atoms with van der Waals surface area (Å²) in [5, 5.41) is 0. The fourth-order valence-electron chi connectivity index (χ4n) is 4.78. The Balaban J connectivity index is 1.35. The molecular formula is C26H26N4O3. The van der Waals surface area contributed by atoms with Crippen molar-refractivity contribution in [1.29, 1.82) is 0 Å². The molecule has 33 heavy (non-hydrogen) atoms. The topological polar surface area (TPSA) is 89.2 Å². The summed E-state index contributed by atoms with van der Waals surface area (Å²) in [6.45, 7) is 3.20. The van der Waals surface area contributed by atoms with E-state index >= 15 is 0 Å². The van der Waals surface area contributed by atoms with Crippen molar-refractivity contribution >= 4 is 17.8 Å². The molecule has 168 valence electrons. The normalized spacial score (nSPS) is 16.9. The first kappa shape index (κ1) is 21.2. The molecule has 1 saturated heterocycles. The van der Waals surface area contributed by atoms with Gasteiger partial charge in [-0.15, -0.1) is 0 Å². The molecule has 1 amide bonds. The monoisotopic (exact) mass is 442 g/mol. The number of rotatable bonds is 4. The van der Waals surface area contributed by atoms with Gasteiger partial charge in [0.2, 0.25) is 0 Å². The molecule has 1 aliphatic carbocycles. The third kappa shape index (κ3) is 4.11. The van der Waals surface area contributed by atoms with Crippen LogP contribution in [-0.4, -0.2) is 44.6 Å². The smallest absolute Gasteiger partial charge is 0.257 e. The predicted octanol–water partition coefficient (Wildman–Crippen LogP) is 4.70. The molecular weight excluding hydrogens is 416 g/mol. The number of fused-ring (bicyclic) bond motifs is 1. The molecule has 0 radical (unpaired) electrons. The molecule has 3 aromatic heterocycles. The number of hydrogen-bond donors (Lipinski definition) is 0. The van der Waals surface area contributed by atoms with Crippen LogP contribution in [0.25, 0.3) is 17.5 Å². The number of furan rings is 1. The quantitative estimate of drug-likeness (QED) is 0.582. The standard InChI is InChI=1S/C26H26N4O3/c1-2-5-18-15-28-25(19-6-4-11-27-14-19)29-24(18)17-9-12-30(13-10-17)26(32)20-16-33-22-8-3-7-21(31)23(20)22/h2,4-6,11,14-17H,3,7-10,12-13H2,1H3/b5-2+. The first-order valence-corrected chi connectivity index (χ1v) is 11.5. The number of nitrogens with zero attached hydrogens (tertiary/aromatic N) is 4. The third-order valence-electron chi connectivity index (χ3n) is 6.47. The Bertz CT molecular complexity index is 1210. The summed E-state index contributed by atoms with van der Waals surface area (Å²) in [7, 11) is 0.